The van der Waals surface area contributed by atoms with Crippen molar-refractivity contribution in [3.8, 4) is 0 Å². The number of nitrogens with one attached hydrogen (secondary N) is 2. The molecular formula is C14H18N2O5S. The van der Waals surface area contributed by atoms with Crippen molar-refractivity contribution < 1.29 is 24.2 Å². The van der Waals surface area contributed by atoms with E-state index in [1.54, 1.807) is 17.5 Å². The number of rotatable bonds is 9. The summed E-state index contributed by atoms with van der Waals surface area (Å²) in [7, 11) is 0. The molecule has 7 nitrogen and oxygen atoms in total. The minimum atomic E-state index is -1.21. The van der Waals surface area contributed by atoms with Crippen molar-refractivity contribution >= 4 is 29.1 Å². The minimum Gasteiger partial charge on any atom is -0.480 e. The van der Waals surface area contributed by atoms with Crippen LogP contribution in [0.1, 0.15) is 16.6 Å². The summed E-state index contributed by atoms with van der Waals surface area (Å²) in [6.45, 7) is 4.92. The van der Waals surface area contributed by atoms with E-state index in [0.717, 1.165) is 0 Å². The zero-order chi connectivity index (χ0) is 16.5. The van der Waals surface area contributed by atoms with Gasteiger partial charge in [0.1, 0.15) is 6.04 Å². The number of carboxylic acid groups (broad SMARTS) is 1. The Morgan fingerprint density at radius 1 is 1.45 bits per heavy atom. The Labute approximate surface area is 132 Å². The van der Waals surface area contributed by atoms with Gasteiger partial charge >= 0.3 is 5.97 Å². The molecule has 2 unspecified atom stereocenters. The smallest absolute Gasteiger partial charge is 0.328 e. The summed E-state index contributed by atoms with van der Waals surface area (Å²) in [5.41, 5.74) is 0. The molecule has 0 fully saturated rings. The first-order chi connectivity index (χ1) is 10.5. The summed E-state index contributed by atoms with van der Waals surface area (Å²) in [6, 6.07) is 1.31. The van der Waals surface area contributed by atoms with Crippen LogP contribution in [0.2, 0.25) is 0 Å². The van der Waals surface area contributed by atoms with E-state index >= 15 is 0 Å². The lowest BCUT2D eigenvalue weighted by atomic mass is 10.2. The van der Waals surface area contributed by atoms with Crippen LogP contribution in [0.5, 0.6) is 0 Å². The highest BCUT2D eigenvalue weighted by molar-refractivity contribution is 7.12. The molecular weight excluding hydrogens is 308 g/mol. The van der Waals surface area contributed by atoms with Crippen LogP contribution in [0, 0.1) is 0 Å². The number of carbonyl (C=O) groups is 3. The van der Waals surface area contributed by atoms with Crippen LogP contribution in [0.15, 0.2) is 30.2 Å². The summed E-state index contributed by atoms with van der Waals surface area (Å²) < 4.78 is 5.03. The highest BCUT2D eigenvalue weighted by Crippen LogP contribution is 2.08. The molecule has 0 aliphatic rings. The molecule has 120 valence electrons. The van der Waals surface area contributed by atoms with E-state index < -0.39 is 24.0 Å². The Hall–Kier alpha value is -2.19. The van der Waals surface area contributed by atoms with E-state index in [1.807, 2.05) is 0 Å². The summed E-state index contributed by atoms with van der Waals surface area (Å²) in [5.74, 6) is -2.19. The van der Waals surface area contributed by atoms with E-state index in [4.69, 9.17) is 9.84 Å². The van der Waals surface area contributed by atoms with Gasteiger partial charge in [-0.25, -0.2) is 4.79 Å². The second-order valence-corrected chi connectivity index (χ2v) is 5.35. The van der Waals surface area contributed by atoms with Gasteiger partial charge < -0.3 is 20.5 Å². The number of carboxylic acids is 1. The predicted molar refractivity (Wildman–Crippen MR) is 81.8 cm³/mol. The number of carbonyl (C=O) groups excluding carboxylic acids is 2. The third kappa shape index (κ3) is 5.66. The molecule has 8 heteroatoms. The van der Waals surface area contributed by atoms with Crippen LogP contribution < -0.4 is 10.6 Å². The fourth-order valence-electron chi connectivity index (χ4n) is 1.48. The van der Waals surface area contributed by atoms with Crippen molar-refractivity contribution in [2.24, 2.45) is 0 Å². The molecule has 1 aromatic heterocycles. The fourth-order valence-corrected chi connectivity index (χ4v) is 2.11. The molecule has 1 rings (SSSR count). The van der Waals surface area contributed by atoms with Crippen LogP contribution in [0.25, 0.3) is 0 Å². The molecule has 0 aromatic carbocycles. The summed E-state index contributed by atoms with van der Waals surface area (Å²) in [5, 5.41) is 15.6. The Balaban J connectivity index is 2.51. The molecule has 2 amide bonds. The van der Waals surface area contributed by atoms with Gasteiger partial charge in [-0.05, 0) is 18.4 Å². The van der Waals surface area contributed by atoms with E-state index in [0.29, 0.717) is 4.88 Å². The first-order valence-electron chi connectivity index (χ1n) is 6.52. The van der Waals surface area contributed by atoms with Gasteiger partial charge in [-0.1, -0.05) is 12.1 Å². The van der Waals surface area contributed by atoms with Gasteiger partial charge in [0.15, 0.2) is 6.04 Å². The third-order valence-electron chi connectivity index (χ3n) is 2.62. The van der Waals surface area contributed by atoms with Crippen LogP contribution in [-0.4, -0.2) is 48.2 Å². The number of thiophene rings is 1. The van der Waals surface area contributed by atoms with Crippen LogP contribution in [0.3, 0.4) is 0 Å². The average molecular weight is 326 g/mol. The number of hydrogen-bond acceptors (Lipinski definition) is 5. The lowest BCUT2D eigenvalue weighted by Gasteiger charge is -2.18. The maximum absolute atomic E-state index is 11.9. The molecule has 0 bridgehead atoms. The lowest BCUT2D eigenvalue weighted by Crippen LogP contribution is -2.51. The maximum Gasteiger partial charge on any atom is 0.328 e. The molecule has 1 heterocycles. The van der Waals surface area contributed by atoms with Crippen molar-refractivity contribution in [3.05, 3.63) is 35.0 Å². The molecule has 0 saturated heterocycles. The molecule has 0 saturated carbocycles. The van der Waals surface area contributed by atoms with Crippen molar-refractivity contribution in [1.82, 2.24) is 10.6 Å². The summed E-state index contributed by atoms with van der Waals surface area (Å²) >= 11 is 1.25. The summed E-state index contributed by atoms with van der Waals surface area (Å²) in [4.78, 5) is 35.3. The topological polar surface area (TPSA) is 105 Å². The third-order valence-corrected chi connectivity index (χ3v) is 3.49. The van der Waals surface area contributed by atoms with Crippen molar-refractivity contribution in [2.45, 2.75) is 19.0 Å². The quantitative estimate of drug-likeness (QED) is 0.456. The SMILES string of the molecule is C=CCOCC(NC(=O)C(C)NC(=O)c1cccs1)C(=O)O. The van der Waals surface area contributed by atoms with Gasteiger partial charge in [-0.15, -0.1) is 17.9 Å². The van der Waals surface area contributed by atoms with Gasteiger partial charge in [-0.3, -0.25) is 9.59 Å². The first kappa shape index (κ1) is 17.9. The second kappa shape index (κ2) is 8.96. The zero-order valence-electron chi connectivity index (χ0n) is 12.1. The van der Waals surface area contributed by atoms with Gasteiger partial charge in [0, 0.05) is 0 Å². The molecule has 22 heavy (non-hydrogen) atoms. The molecule has 3 N–H and O–H groups in total. The van der Waals surface area contributed by atoms with Crippen molar-refractivity contribution in [2.75, 3.05) is 13.2 Å². The predicted octanol–water partition coefficient (Wildman–Crippen LogP) is 0.638. The van der Waals surface area contributed by atoms with Gasteiger partial charge in [0.2, 0.25) is 5.91 Å². The highest BCUT2D eigenvalue weighted by Gasteiger charge is 2.24. The van der Waals surface area contributed by atoms with Crippen LogP contribution >= 0.6 is 11.3 Å². The van der Waals surface area contributed by atoms with E-state index in [9.17, 15) is 14.4 Å². The standard InChI is InChI=1S/C14H18N2O5S/c1-3-6-21-8-10(14(19)20)16-12(17)9(2)15-13(18)11-5-4-7-22-11/h3-5,7,9-10H,1,6,8H2,2H3,(H,15,18)(H,16,17)(H,19,20). The second-order valence-electron chi connectivity index (χ2n) is 4.40. The van der Waals surface area contributed by atoms with Crippen molar-refractivity contribution in [1.29, 1.82) is 0 Å². The van der Waals surface area contributed by atoms with Crippen LogP contribution in [-0.2, 0) is 14.3 Å². The van der Waals surface area contributed by atoms with E-state index in [-0.39, 0.29) is 19.1 Å². The van der Waals surface area contributed by atoms with E-state index in [1.165, 1.54) is 24.3 Å². The zero-order valence-corrected chi connectivity index (χ0v) is 12.9. The fraction of sp³-hybridized carbons (Fsp3) is 0.357. The minimum absolute atomic E-state index is 0.182. The first-order valence-corrected chi connectivity index (χ1v) is 7.39. The molecule has 1 aromatic rings. The normalized spacial score (nSPS) is 13.0. The maximum atomic E-state index is 11.9. The molecule has 2 atom stereocenters. The van der Waals surface area contributed by atoms with Gasteiger partial charge in [0.05, 0.1) is 18.1 Å². The Morgan fingerprint density at radius 2 is 2.18 bits per heavy atom. The molecule has 0 spiro atoms. The molecule has 0 radical (unpaired) electrons. The highest BCUT2D eigenvalue weighted by atomic mass is 32.1. The van der Waals surface area contributed by atoms with Gasteiger partial charge in [-0.2, -0.15) is 0 Å². The van der Waals surface area contributed by atoms with E-state index in [2.05, 4.69) is 17.2 Å². The number of amides is 2. The summed E-state index contributed by atoms with van der Waals surface area (Å²) in [6.07, 6.45) is 1.48. The van der Waals surface area contributed by atoms with Crippen molar-refractivity contribution in [3.63, 3.8) is 0 Å². The molecule has 0 aliphatic heterocycles. The number of hydrogen-bond donors (Lipinski definition) is 3. The largest absolute Gasteiger partial charge is 0.480 e. The number of aliphatic carboxylic acids is 1. The van der Waals surface area contributed by atoms with Gasteiger partial charge in [0.25, 0.3) is 5.91 Å². The Kier molecular flexibility index (Phi) is 7.27. The average Bonchev–Trinajstić information content (AvgIpc) is 3.00. The Bertz CT molecular complexity index is 529. The molecule has 0 aliphatic carbocycles. The number of ether oxygens (including phenoxy) is 1. The van der Waals surface area contributed by atoms with Crippen LogP contribution in [0.4, 0.5) is 0 Å². The Morgan fingerprint density at radius 3 is 2.73 bits per heavy atom. The lowest BCUT2D eigenvalue weighted by molar-refractivity contribution is -0.143. The monoisotopic (exact) mass is 326 g/mol.